The molecule has 0 saturated carbocycles. The first-order valence-corrected chi connectivity index (χ1v) is 9.18. The Balaban J connectivity index is 1.74. The summed E-state index contributed by atoms with van der Waals surface area (Å²) in [6.45, 7) is 2.24. The molecule has 22 heavy (non-hydrogen) atoms. The fraction of sp³-hybridized carbons (Fsp3) is 0.643. The molecule has 1 fully saturated rings. The summed E-state index contributed by atoms with van der Waals surface area (Å²) in [5.41, 5.74) is 0. The maximum absolute atomic E-state index is 12.2. The Hall–Kier alpha value is -1.38. The average molecular weight is 329 g/mol. The quantitative estimate of drug-likeness (QED) is 0.809. The molecule has 0 radical (unpaired) electrons. The van der Waals surface area contributed by atoms with Crippen molar-refractivity contribution in [1.82, 2.24) is 14.5 Å². The highest BCUT2D eigenvalue weighted by Gasteiger charge is 2.23. The Morgan fingerprint density at radius 2 is 2.14 bits per heavy atom. The third-order valence-corrected chi connectivity index (χ3v) is 4.49. The predicted octanol–water partition coefficient (Wildman–Crippen LogP) is 0.252. The molecule has 7 nitrogen and oxygen atoms in total. The summed E-state index contributed by atoms with van der Waals surface area (Å²) in [5.74, 6) is 0.790. The molecule has 1 aromatic rings. The standard InChI is InChI=1S/C14H23N3O4S/c1-16(10-13-4-3-9-21-13)14(18)11-17-7-5-12(6-8-17)15-22(2,19)20/h3-4,9,12,15H,5-8,10-11H2,1-2H3. The van der Waals surface area contributed by atoms with Gasteiger partial charge in [-0.05, 0) is 25.0 Å². The molecule has 2 rings (SSSR count). The zero-order chi connectivity index (χ0) is 16.2. The summed E-state index contributed by atoms with van der Waals surface area (Å²) in [5, 5.41) is 0. The van der Waals surface area contributed by atoms with E-state index in [4.69, 9.17) is 4.42 Å². The number of sulfonamides is 1. The van der Waals surface area contributed by atoms with Gasteiger partial charge in [-0.3, -0.25) is 9.69 Å². The molecule has 0 spiro atoms. The monoisotopic (exact) mass is 329 g/mol. The Morgan fingerprint density at radius 3 is 2.68 bits per heavy atom. The van der Waals surface area contributed by atoms with Gasteiger partial charge >= 0.3 is 0 Å². The van der Waals surface area contributed by atoms with Crippen LogP contribution in [0.3, 0.4) is 0 Å². The number of likely N-dealkylation sites (tertiary alicyclic amines) is 1. The van der Waals surface area contributed by atoms with Gasteiger partial charge in [-0.15, -0.1) is 0 Å². The number of likely N-dealkylation sites (N-methyl/N-ethyl adjacent to an activating group) is 1. The van der Waals surface area contributed by atoms with E-state index in [0.717, 1.165) is 18.6 Å². The van der Waals surface area contributed by atoms with Crippen molar-refractivity contribution >= 4 is 15.9 Å². The topological polar surface area (TPSA) is 82.9 Å². The van der Waals surface area contributed by atoms with E-state index in [-0.39, 0.29) is 11.9 Å². The lowest BCUT2D eigenvalue weighted by molar-refractivity contribution is -0.132. The number of hydrogen-bond acceptors (Lipinski definition) is 5. The minimum Gasteiger partial charge on any atom is -0.467 e. The number of rotatable bonds is 6. The van der Waals surface area contributed by atoms with Gasteiger partial charge in [0.25, 0.3) is 0 Å². The second-order valence-corrected chi connectivity index (χ2v) is 7.55. The maximum Gasteiger partial charge on any atom is 0.236 e. The molecule has 1 saturated heterocycles. The highest BCUT2D eigenvalue weighted by Crippen LogP contribution is 2.12. The number of amides is 1. The second kappa shape index (κ2) is 7.26. The van der Waals surface area contributed by atoms with Crippen LogP contribution in [0.2, 0.25) is 0 Å². The van der Waals surface area contributed by atoms with Crippen LogP contribution < -0.4 is 4.72 Å². The SMILES string of the molecule is CN(Cc1ccco1)C(=O)CN1CCC(NS(C)(=O)=O)CC1. The molecule has 0 unspecified atom stereocenters. The van der Waals surface area contributed by atoms with Crippen LogP contribution in [0.5, 0.6) is 0 Å². The average Bonchev–Trinajstić information content (AvgIpc) is 2.92. The van der Waals surface area contributed by atoms with E-state index in [1.165, 1.54) is 6.26 Å². The summed E-state index contributed by atoms with van der Waals surface area (Å²) in [6, 6.07) is 3.61. The van der Waals surface area contributed by atoms with Gasteiger partial charge < -0.3 is 9.32 Å². The molecule has 124 valence electrons. The van der Waals surface area contributed by atoms with E-state index in [2.05, 4.69) is 9.62 Å². The van der Waals surface area contributed by atoms with Gasteiger partial charge in [0.2, 0.25) is 15.9 Å². The summed E-state index contributed by atoms with van der Waals surface area (Å²) >= 11 is 0. The van der Waals surface area contributed by atoms with Crippen LogP contribution >= 0.6 is 0 Å². The first-order chi connectivity index (χ1) is 10.3. The number of piperidine rings is 1. The van der Waals surface area contributed by atoms with Crippen molar-refractivity contribution < 1.29 is 17.6 Å². The van der Waals surface area contributed by atoms with Crippen LogP contribution in [0.1, 0.15) is 18.6 Å². The van der Waals surface area contributed by atoms with E-state index in [0.29, 0.717) is 26.2 Å². The van der Waals surface area contributed by atoms with E-state index >= 15 is 0 Å². The number of hydrogen-bond donors (Lipinski definition) is 1. The zero-order valence-corrected chi connectivity index (χ0v) is 13.8. The Kier molecular flexibility index (Phi) is 5.60. The van der Waals surface area contributed by atoms with Crippen molar-refractivity contribution in [3.8, 4) is 0 Å². The van der Waals surface area contributed by atoms with Crippen LogP contribution in [0, 0.1) is 0 Å². The number of nitrogens with one attached hydrogen (secondary N) is 1. The van der Waals surface area contributed by atoms with Crippen molar-refractivity contribution in [2.75, 3.05) is 32.9 Å². The first kappa shape index (κ1) is 17.0. The molecule has 0 bridgehead atoms. The third kappa shape index (κ3) is 5.43. The van der Waals surface area contributed by atoms with Crippen molar-refractivity contribution in [2.45, 2.75) is 25.4 Å². The first-order valence-electron chi connectivity index (χ1n) is 7.29. The summed E-state index contributed by atoms with van der Waals surface area (Å²) in [7, 11) is -1.41. The molecule has 8 heteroatoms. The molecule has 0 aliphatic carbocycles. The van der Waals surface area contributed by atoms with Crippen LogP contribution in [-0.4, -0.2) is 63.1 Å². The highest BCUT2D eigenvalue weighted by atomic mass is 32.2. The van der Waals surface area contributed by atoms with Crippen molar-refractivity contribution in [3.63, 3.8) is 0 Å². The van der Waals surface area contributed by atoms with E-state index in [1.54, 1.807) is 24.3 Å². The third-order valence-electron chi connectivity index (χ3n) is 3.73. The van der Waals surface area contributed by atoms with Crippen molar-refractivity contribution in [2.24, 2.45) is 0 Å². The zero-order valence-electron chi connectivity index (χ0n) is 13.0. The van der Waals surface area contributed by atoms with Gasteiger partial charge in [-0.1, -0.05) is 0 Å². The van der Waals surface area contributed by atoms with Crippen LogP contribution in [0.15, 0.2) is 22.8 Å². The lowest BCUT2D eigenvalue weighted by Crippen LogP contribution is -2.47. The summed E-state index contributed by atoms with van der Waals surface area (Å²) in [6.07, 6.45) is 4.21. The van der Waals surface area contributed by atoms with Crippen LogP contribution in [0.25, 0.3) is 0 Å². The van der Waals surface area contributed by atoms with Crippen LogP contribution in [0.4, 0.5) is 0 Å². The summed E-state index contributed by atoms with van der Waals surface area (Å²) in [4.78, 5) is 15.9. The van der Waals surface area contributed by atoms with E-state index in [9.17, 15) is 13.2 Å². The molecule has 1 aromatic heterocycles. The Labute approximate surface area is 131 Å². The second-order valence-electron chi connectivity index (χ2n) is 5.77. The molecule has 0 aromatic carbocycles. The molecule has 0 atom stereocenters. The minimum atomic E-state index is -3.16. The number of carbonyl (C=O) groups excluding carboxylic acids is 1. The largest absolute Gasteiger partial charge is 0.467 e. The molecule has 1 amide bonds. The molecule has 1 aliphatic heterocycles. The van der Waals surface area contributed by atoms with Gasteiger partial charge in [0, 0.05) is 26.2 Å². The number of nitrogens with zero attached hydrogens (tertiary/aromatic N) is 2. The number of carbonyl (C=O) groups is 1. The van der Waals surface area contributed by atoms with Crippen molar-refractivity contribution in [3.05, 3.63) is 24.2 Å². The van der Waals surface area contributed by atoms with Gasteiger partial charge in [0.15, 0.2) is 0 Å². The molecular formula is C14H23N3O4S. The number of furan rings is 1. The normalized spacial score (nSPS) is 17.5. The Morgan fingerprint density at radius 1 is 1.45 bits per heavy atom. The van der Waals surface area contributed by atoms with Gasteiger partial charge in [0.05, 0.1) is 25.6 Å². The molecule has 1 N–H and O–H groups in total. The predicted molar refractivity (Wildman–Crippen MR) is 82.6 cm³/mol. The van der Waals surface area contributed by atoms with Crippen LogP contribution in [-0.2, 0) is 21.4 Å². The van der Waals surface area contributed by atoms with Gasteiger partial charge in [-0.2, -0.15) is 0 Å². The Bertz CT molecular complexity index is 577. The fourth-order valence-electron chi connectivity index (χ4n) is 2.55. The van der Waals surface area contributed by atoms with Crippen molar-refractivity contribution in [1.29, 1.82) is 0 Å². The molecular weight excluding hydrogens is 306 g/mol. The maximum atomic E-state index is 12.2. The molecule has 1 aliphatic rings. The van der Waals surface area contributed by atoms with Gasteiger partial charge in [-0.25, -0.2) is 13.1 Å². The fourth-order valence-corrected chi connectivity index (χ4v) is 3.39. The smallest absolute Gasteiger partial charge is 0.236 e. The molecule has 2 heterocycles. The summed E-state index contributed by atoms with van der Waals surface area (Å²) < 4.78 is 30.3. The van der Waals surface area contributed by atoms with E-state index in [1.807, 2.05) is 6.07 Å². The van der Waals surface area contributed by atoms with E-state index < -0.39 is 10.0 Å². The lowest BCUT2D eigenvalue weighted by atomic mass is 10.1. The van der Waals surface area contributed by atoms with Gasteiger partial charge in [0.1, 0.15) is 5.76 Å². The minimum absolute atomic E-state index is 0.0257. The lowest BCUT2D eigenvalue weighted by Gasteiger charge is -2.32. The highest BCUT2D eigenvalue weighted by molar-refractivity contribution is 7.88.